The number of hydrogen-bond donors (Lipinski definition) is 6. The van der Waals surface area contributed by atoms with Gasteiger partial charge >= 0.3 is 0 Å². The topological polar surface area (TPSA) is 163 Å². The Morgan fingerprint density at radius 2 is 1.30 bits per heavy atom. The van der Waals surface area contributed by atoms with Crippen molar-refractivity contribution in [3.05, 3.63) is 5.73 Å². The normalized spacial score (nSPS) is 27.1. The highest BCUT2D eigenvalue weighted by Crippen LogP contribution is 2.31. The van der Waals surface area contributed by atoms with Crippen LogP contribution >= 0.6 is 0 Å². The molecule has 1 fully saturated rings. The van der Waals surface area contributed by atoms with E-state index in [9.17, 15) is 19.8 Å². The summed E-state index contributed by atoms with van der Waals surface area (Å²) in [6.07, 6.45) is -1.10. The first-order valence-electron chi connectivity index (χ1n) is 7.71. The summed E-state index contributed by atoms with van der Waals surface area (Å²) in [6.45, 7) is -1.06. The maximum absolute atomic E-state index is 12.1. The minimum atomic E-state index is -1.03. The lowest BCUT2D eigenvalue weighted by Gasteiger charge is -2.36. The SMILES string of the molecule is [NH-]C1CC(C(=O)NCC(O)CO)CC(C(=O)NCC(O)CO)C1. The lowest BCUT2D eigenvalue weighted by molar-refractivity contribution is -0.131. The minimum Gasteiger partial charge on any atom is -0.675 e. The highest BCUT2D eigenvalue weighted by Gasteiger charge is 2.32. The van der Waals surface area contributed by atoms with E-state index in [1.165, 1.54) is 0 Å². The van der Waals surface area contributed by atoms with E-state index in [2.05, 4.69) is 10.6 Å². The van der Waals surface area contributed by atoms with E-state index in [0.717, 1.165) is 0 Å². The van der Waals surface area contributed by atoms with Crippen LogP contribution < -0.4 is 10.6 Å². The van der Waals surface area contributed by atoms with Gasteiger partial charge in [-0.15, -0.1) is 6.04 Å². The van der Waals surface area contributed by atoms with Gasteiger partial charge in [-0.1, -0.05) is 12.8 Å². The van der Waals surface area contributed by atoms with Crippen LogP contribution in [0, 0.1) is 11.8 Å². The lowest BCUT2D eigenvalue weighted by Crippen LogP contribution is -2.45. The van der Waals surface area contributed by atoms with Crippen molar-refractivity contribution in [2.45, 2.75) is 37.5 Å². The molecular weight excluding hydrogens is 306 g/mol. The maximum Gasteiger partial charge on any atom is 0.223 e. The summed E-state index contributed by atoms with van der Waals surface area (Å²) in [4.78, 5) is 24.1. The Balaban J connectivity index is 2.50. The Bertz CT molecular complexity index is 361. The van der Waals surface area contributed by atoms with Gasteiger partial charge in [-0.2, -0.15) is 0 Å². The van der Waals surface area contributed by atoms with Gasteiger partial charge in [-0.25, -0.2) is 0 Å². The Kier molecular flexibility index (Phi) is 8.42. The number of carbonyl (C=O) groups is 2. The third kappa shape index (κ3) is 6.80. The number of carbonyl (C=O) groups excluding carboxylic acids is 2. The van der Waals surface area contributed by atoms with Crippen LogP contribution in [0.15, 0.2) is 0 Å². The molecule has 0 saturated heterocycles. The Hall–Kier alpha value is -1.26. The molecule has 0 bridgehead atoms. The van der Waals surface area contributed by atoms with Crippen molar-refractivity contribution in [1.82, 2.24) is 10.6 Å². The van der Waals surface area contributed by atoms with Crippen molar-refractivity contribution in [3.63, 3.8) is 0 Å². The molecule has 0 radical (unpaired) electrons. The fourth-order valence-electron chi connectivity index (χ4n) is 2.60. The second-order valence-corrected chi connectivity index (χ2v) is 5.96. The molecule has 1 rings (SSSR count). The molecule has 0 heterocycles. The Labute approximate surface area is 134 Å². The van der Waals surface area contributed by atoms with E-state index in [4.69, 9.17) is 15.9 Å². The molecule has 1 aliphatic rings. The summed E-state index contributed by atoms with van der Waals surface area (Å²) < 4.78 is 0. The van der Waals surface area contributed by atoms with Crippen molar-refractivity contribution >= 4 is 11.8 Å². The van der Waals surface area contributed by atoms with Crippen molar-refractivity contribution in [2.24, 2.45) is 11.8 Å². The van der Waals surface area contributed by atoms with E-state index >= 15 is 0 Å². The number of nitrogens with one attached hydrogen (secondary N) is 3. The zero-order chi connectivity index (χ0) is 17.4. The van der Waals surface area contributed by atoms with Crippen molar-refractivity contribution in [3.8, 4) is 0 Å². The average Bonchev–Trinajstić information content (AvgIpc) is 2.55. The molecule has 1 saturated carbocycles. The average molecular weight is 332 g/mol. The van der Waals surface area contributed by atoms with Gasteiger partial charge in [0.1, 0.15) is 0 Å². The first-order chi connectivity index (χ1) is 10.9. The molecule has 9 heteroatoms. The number of aliphatic hydroxyl groups excluding tert-OH is 4. The van der Waals surface area contributed by atoms with Gasteiger partial charge in [-0.05, 0) is 6.42 Å². The van der Waals surface area contributed by atoms with Crippen LogP contribution in [-0.4, -0.2) is 76.8 Å². The number of aliphatic hydroxyl groups is 4. The van der Waals surface area contributed by atoms with E-state index < -0.39 is 43.3 Å². The molecule has 7 N–H and O–H groups in total. The zero-order valence-corrected chi connectivity index (χ0v) is 12.9. The highest BCUT2D eigenvalue weighted by molar-refractivity contribution is 5.82. The molecule has 0 spiro atoms. The largest absolute Gasteiger partial charge is 0.675 e. The summed E-state index contributed by atoms with van der Waals surface area (Å²) in [5, 5.41) is 40.9. The van der Waals surface area contributed by atoms with Crippen LogP contribution in [0.4, 0.5) is 0 Å². The standard InChI is InChI=1S/C14H26N3O6/c15-10-2-8(13(22)16-4-11(20)6-18)1-9(3-10)14(23)17-5-12(21)7-19/h8-12,15,18-21H,1-7H2,(H,16,22)(H,17,23)/q-1. The smallest absolute Gasteiger partial charge is 0.223 e. The van der Waals surface area contributed by atoms with Gasteiger partial charge in [0.15, 0.2) is 0 Å². The van der Waals surface area contributed by atoms with Crippen LogP contribution in [0.1, 0.15) is 19.3 Å². The van der Waals surface area contributed by atoms with Gasteiger partial charge in [0.05, 0.1) is 25.4 Å². The molecule has 0 aromatic heterocycles. The molecule has 0 aromatic carbocycles. The Morgan fingerprint density at radius 1 is 0.913 bits per heavy atom. The highest BCUT2D eigenvalue weighted by atomic mass is 16.3. The summed E-state index contributed by atoms with van der Waals surface area (Å²) in [5.41, 5.74) is 7.89. The Morgan fingerprint density at radius 3 is 1.65 bits per heavy atom. The molecule has 0 aliphatic heterocycles. The molecular formula is C14H26N3O6-. The van der Waals surface area contributed by atoms with Crippen LogP contribution in [0.25, 0.3) is 5.73 Å². The number of hydrogen-bond acceptors (Lipinski definition) is 6. The predicted molar refractivity (Wildman–Crippen MR) is 81.1 cm³/mol. The van der Waals surface area contributed by atoms with Crippen molar-refractivity contribution in [2.75, 3.05) is 26.3 Å². The predicted octanol–water partition coefficient (Wildman–Crippen LogP) is -2.24. The summed E-state index contributed by atoms with van der Waals surface area (Å²) >= 11 is 0. The van der Waals surface area contributed by atoms with E-state index in [-0.39, 0.29) is 31.3 Å². The van der Waals surface area contributed by atoms with Crippen LogP contribution in [0.2, 0.25) is 0 Å². The molecule has 23 heavy (non-hydrogen) atoms. The molecule has 9 nitrogen and oxygen atoms in total. The summed E-state index contributed by atoms with van der Waals surface area (Å²) in [6, 6.07) is -0.541. The van der Waals surface area contributed by atoms with Gasteiger partial charge in [0.25, 0.3) is 0 Å². The van der Waals surface area contributed by atoms with Crippen LogP contribution in [-0.2, 0) is 9.59 Å². The van der Waals surface area contributed by atoms with Gasteiger partial charge in [-0.3, -0.25) is 9.59 Å². The van der Waals surface area contributed by atoms with Gasteiger partial charge in [0.2, 0.25) is 11.8 Å². The fourth-order valence-corrected chi connectivity index (χ4v) is 2.60. The van der Waals surface area contributed by atoms with Gasteiger partial charge < -0.3 is 36.8 Å². The molecule has 4 unspecified atom stereocenters. The van der Waals surface area contributed by atoms with E-state index in [1.54, 1.807) is 0 Å². The molecule has 134 valence electrons. The van der Waals surface area contributed by atoms with Crippen molar-refractivity contribution < 1.29 is 30.0 Å². The van der Waals surface area contributed by atoms with E-state index in [1.807, 2.05) is 0 Å². The zero-order valence-electron chi connectivity index (χ0n) is 12.9. The molecule has 1 aliphatic carbocycles. The molecule has 0 aromatic rings. The van der Waals surface area contributed by atoms with Crippen molar-refractivity contribution in [1.29, 1.82) is 0 Å². The maximum atomic E-state index is 12.1. The van der Waals surface area contributed by atoms with Crippen LogP contribution in [0.3, 0.4) is 0 Å². The third-order valence-corrected chi connectivity index (χ3v) is 3.89. The first kappa shape index (κ1) is 19.8. The lowest BCUT2D eigenvalue weighted by atomic mass is 9.78. The second-order valence-electron chi connectivity index (χ2n) is 5.96. The van der Waals surface area contributed by atoms with Gasteiger partial charge in [0, 0.05) is 24.9 Å². The number of rotatable bonds is 8. The molecule has 2 amide bonds. The fraction of sp³-hybridized carbons (Fsp3) is 0.857. The molecule has 4 atom stereocenters. The summed E-state index contributed by atoms with van der Waals surface area (Å²) in [5.74, 6) is -1.70. The quantitative estimate of drug-likeness (QED) is 0.294. The second kappa shape index (κ2) is 9.78. The van der Waals surface area contributed by atoms with Crippen LogP contribution in [0.5, 0.6) is 0 Å². The third-order valence-electron chi connectivity index (χ3n) is 3.89. The minimum absolute atomic E-state index is 0.0753. The monoisotopic (exact) mass is 332 g/mol. The first-order valence-corrected chi connectivity index (χ1v) is 7.71. The summed E-state index contributed by atoms with van der Waals surface area (Å²) in [7, 11) is 0. The van der Waals surface area contributed by atoms with E-state index in [0.29, 0.717) is 12.8 Å². The number of amides is 2.